The molecule has 73 heavy (non-hydrogen) atoms. The van der Waals surface area contributed by atoms with Crippen LogP contribution in [0, 0.1) is 5.92 Å². The molecule has 3 saturated heterocycles. The van der Waals surface area contributed by atoms with E-state index in [-0.39, 0.29) is 55.4 Å². The Hall–Kier alpha value is -6.54. The number of piperidine rings is 1. The zero-order chi connectivity index (χ0) is 53.1. The molecule has 3 fully saturated rings. The lowest BCUT2D eigenvalue weighted by atomic mass is 9.90. The number of carbonyl (C=O) groups is 8. The van der Waals surface area contributed by atoms with Crippen molar-refractivity contribution in [2.45, 2.75) is 114 Å². The Balaban J connectivity index is 1.46. The molecule has 2 aromatic carbocycles. The molecule has 3 aromatic rings. The number of esters is 1. The number of aromatic nitrogens is 1. The monoisotopic (exact) mass is 1030 g/mol. The Kier molecular flexibility index (Phi) is 19.4. The normalized spacial score (nSPS) is 25.2. The van der Waals surface area contributed by atoms with E-state index < -0.39 is 101 Å². The Morgan fingerprint density at radius 1 is 0.890 bits per heavy atom. The van der Waals surface area contributed by atoms with Crippen LogP contribution in [-0.4, -0.2) is 178 Å². The van der Waals surface area contributed by atoms with Gasteiger partial charge in [-0.2, -0.15) is 11.8 Å². The van der Waals surface area contributed by atoms with Crippen molar-refractivity contribution in [2.24, 2.45) is 5.92 Å². The lowest BCUT2D eigenvalue weighted by Gasteiger charge is -2.42. The summed E-state index contributed by atoms with van der Waals surface area (Å²) >= 11 is 1.61. The van der Waals surface area contributed by atoms with Crippen molar-refractivity contribution < 1.29 is 48.2 Å². The molecule has 3 aliphatic heterocycles. The molecule has 0 bridgehead atoms. The molecule has 4 heterocycles. The second-order valence-corrected chi connectivity index (χ2v) is 20.7. The molecule has 1 aromatic heterocycles. The van der Waals surface area contributed by atoms with Crippen LogP contribution in [0.3, 0.4) is 0 Å². The highest BCUT2D eigenvalue weighted by atomic mass is 32.2. The number of anilines is 1. The summed E-state index contributed by atoms with van der Waals surface area (Å²) in [5, 5.41) is 18.6. The van der Waals surface area contributed by atoms with Crippen LogP contribution in [0.5, 0.6) is 5.75 Å². The van der Waals surface area contributed by atoms with Gasteiger partial charge in [0.05, 0.1) is 0 Å². The number of ketones is 1. The Morgan fingerprint density at radius 2 is 1.59 bits per heavy atom. The fourth-order valence-corrected chi connectivity index (χ4v) is 10.8. The molecule has 6 amide bonds. The predicted molar refractivity (Wildman–Crippen MR) is 276 cm³/mol. The lowest BCUT2D eigenvalue weighted by Crippen LogP contribution is -2.63. The third-order valence-electron chi connectivity index (χ3n) is 14.0. The van der Waals surface area contributed by atoms with Gasteiger partial charge in [0.1, 0.15) is 47.8 Å². The Bertz CT molecular complexity index is 2460. The minimum Gasteiger partial charge on any atom is -0.505 e. The number of benzene rings is 2. The van der Waals surface area contributed by atoms with E-state index in [1.807, 2.05) is 43.3 Å². The molecule has 0 saturated carbocycles. The van der Waals surface area contributed by atoms with E-state index in [1.165, 1.54) is 47.0 Å². The van der Waals surface area contributed by atoms with Crippen molar-refractivity contribution in [2.75, 3.05) is 64.5 Å². The van der Waals surface area contributed by atoms with E-state index in [1.54, 1.807) is 49.0 Å². The Morgan fingerprint density at radius 3 is 2.23 bits per heavy atom. The smallest absolute Gasteiger partial charge is 0.333 e. The summed E-state index contributed by atoms with van der Waals surface area (Å²) in [5.41, 5.74) is 1.45. The SMILES string of the molecule is CC[C@H]1NC(=O)[C@@H](NC(=O)c2ncccc2O)[C@@H](C)OC(=O)[C@H](c2ccccc2)NC(=O)[C@@H]2CC(=O)[C@H](CS[C@H](C)CN(CC)CC)CN2C(=O)[C@H](Cc2ccc(N(C)C)cc2)N(C)C(=O)[C@@H]2CCCN2C1=O. The molecule has 3 aliphatic rings. The molecule has 19 nitrogen and oxygen atoms in total. The summed E-state index contributed by atoms with van der Waals surface area (Å²) in [6.07, 6.45) is 0.160. The van der Waals surface area contributed by atoms with Crippen molar-refractivity contribution in [1.82, 2.24) is 40.5 Å². The van der Waals surface area contributed by atoms with Crippen LogP contribution < -0.4 is 20.9 Å². The number of nitrogens with one attached hydrogen (secondary N) is 3. The van der Waals surface area contributed by atoms with E-state index in [0.717, 1.165) is 25.3 Å². The number of Topliss-reactive ketones (excluding diaryl/α,β-unsaturated/α-hetero) is 1. The van der Waals surface area contributed by atoms with Crippen molar-refractivity contribution in [1.29, 1.82) is 0 Å². The van der Waals surface area contributed by atoms with Gasteiger partial charge in [-0.3, -0.25) is 33.6 Å². The van der Waals surface area contributed by atoms with Crippen LogP contribution >= 0.6 is 11.8 Å². The summed E-state index contributed by atoms with van der Waals surface area (Å²) in [7, 11) is 5.31. The first kappa shape index (κ1) is 55.8. The topological polar surface area (TPSA) is 231 Å². The van der Waals surface area contributed by atoms with Gasteiger partial charge in [0.25, 0.3) is 5.91 Å². The van der Waals surface area contributed by atoms with Crippen LogP contribution in [0.15, 0.2) is 72.9 Å². The van der Waals surface area contributed by atoms with Crippen molar-refractivity contribution >= 4 is 64.6 Å². The number of amides is 6. The average molecular weight is 1030 g/mol. The van der Waals surface area contributed by atoms with E-state index in [0.29, 0.717) is 17.7 Å². The first-order valence-electron chi connectivity index (χ1n) is 25.2. The van der Waals surface area contributed by atoms with Gasteiger partial charge in [-0.1, -0.05) is 70.2 Å². The van der Waals surface area contributed by atoms with Gasteiger partial charge in [0.2, 0.25) is 29.5 Å². The van der Waals surface area contributed by atoms with Crippen molar-refractivity contribution in [3.05, 3.63) is 89.7 Å². The number of cyclic esters (lactones) is 1. The highest BCUT2D eigenvalue weighted by Crippen LogP contribution is 2.30. The van der Waals surface area contributed by atoms with E-state index in [9.17, 15) is 29.1 Å². The molecule has 0 spiro atoms. The summed E-state index contributed by atoms with van der Waals surface area (Å²) in [6, 6.07) is 10.1. The van der Waals surface area contributed by atoms with Crippen LogP contribution in [0.1, 0.15) is 88.0 Å². The molecule has 0 radical (unpaired) electrons. The molecule has 0 unspecified atom stereocenters. The average Bonchev–Trinajstić information content (AvgIpc) is 3.88. The summed E-state index contributed by atoms with van der Waals surface area (Å²) in [6.45, 7) is 11.8. The number of nitrogens with zero attached hydrogens (tertiary/aromatic N) is 6. The minimum atomic E-state index is -1.70. The van der Waals surface area contributed by atoms with E-state index in [4.69, 9.17) is 4.74 Å². The first-order valence-corrected chi connectivity index (χ1v) is 26.2. The number of ether oxygens (including phenoxy) is 1. The first-order chi connectivity index (χ1) is 34.9. The van der Waals surface area contributed by atoms with E-state index >= 15 is 14.4 Å². The fourth-order valence-electron chi connectivity index (χ4n) is 9.61. The second-order valence-electron chi connectivity index (χ2n) is 19.2. The van der Waals surface area contributed by atoms with Crippen LogP contribution in [0.25, 0.3) is 0 Å². The number of pyridine rings is 1. The molecular formula is C53H71N9O10S. The zero-order valence-corrected chi connectivity index (χ0v) is 43.9. The predicted octanol–water partition coefficient (Wildman–Crippen LogP) is 2.96. The second kappa shape index (κ2) is 25.4. The number of fused-ring (bicyclic) bond motifs is 2. The van der Waals surface area contributed by atoms with Gasteiger partial charge in [-0.05, 0) is 74.7 Å². The lowest BCUT2D eigenvalue weighted by molar-refractivity contribution is -0.157. The minimum absolute atomic E-state index is 0.0163. The highest BCUT2D eigenvalue weighted by molar-refractivity contribution is 7.99. The fraction of sp³-hybridized carbons (Fsp3) is 0.528. The maximum atomic E-state index is 15.7. The van der Waals surface area contributed by atoms with E-state index in [2.05, 4.69) is 46.6 Å². The highest BCUT2D eigenvalue weighted by Gasteiger charge is 2.47. The summed E-state index contributed by atoms with van der Waals surface area (Å²) in [5.74, 6) is -6.57. The van der Waals surface area contributed by atoms with Crippen LogP contribution in [-0.2, 0) is 44.7 Å². The molecule has 6 rings (SSSR count). The van der Waals surface area contributed by atoms with Gasteiger partial charge >= 0.3 is 5.97 Å². The van der Waals surface area contributed by atoms with Gasteiger partial charge in [-0.25, -0.2) is 9.78 Å². The summed E-state index contributed by atoms with van der Waals surface area (Å²) in [4.78, 5) is 130. The molecule has 0 aliphatic carbocycles. The molecule has 394 valence electrons. The third-order valence-corrected chi connectivity index (χ3v) is 15.4. The number of likely N-dealkylation sites (N-methyl/N-ethyl adjacent to an activating group) is 1. The zero-order valence-electron chi connectivity index (χ0n) is 43.1. The van der Waals surface area contributed by atoms with Crippen molar-refractivity contribution in [3.63, 3.8) is 0 Å². The number of hydrogen-bond acceptors (Lipinski definition) is 14. The third kappa shape index (κ3) is 13.6. The van der Waals surface area contributed by atoms with Gasteiger partial charge in [0.15, 0.2) is 11.7 Å². The largest absolute Gasteiger partial charge is 0.505 e. The number of thioether (sulfide) groups is 1. The number of rotatable bonds is 14. The van der Waals surface area contributed by atoms with Gasteiger partial charge in [-0.15, -0.1) is 0 Å². The molecule has 4 N–H and O–H groups in total. The number of hydrogen-bond donors (Lipinski definition) is 4. The van der Waals surface area contributed by atoms with Crippen LogP contribution in [0.4, 0.5) is 5.69 Å². The van der Waals surface area contributed by atoms with Crippen molar-refractivity contribution in [3.8, 4) is 5.75 Å². The maximum Gasteiger partial charge on any atom is 0.333 e. The van der Waals surface area contributed by atoms with Gasteiger partial charge in [0, 0.05) is 82.4 Å². The number of carbonyl (C=O) groups excluding carboxylic acids is 8. The number of aromatic hydroxyl groups is 1. The summed E-state index contributed by atoms with van der Waals surface area (Å²) < 4.78 is 5.96. The maximum absolute atomic E-state index is 15.7. The Labute approximate surface area is 432 Å². The molecular weight excluding hydrogens is 955 g/mol. The van der Waals surface area contributed by atoms with Gasteiger partial charge < -0.3 is 50.3 Å². The standard InChI is InChI=1S/C53H71N9O10S/c1-9-38-50(68)61-26-16-19-39(61)51(69)59(8)41(27-34-21-23-37(24-22-34)58(6)7)52(70)62-30-36(31-73-32(4)29-60(10-2)11-3)43(64)28-40(62)47(65)57-45(35-17-13-12-14-18-35)53(71)72-33(5)44(48(66)55-38)56-49(67)46-42(63)20-15-25-54-46/h12-15,17-18,20-25,32-33,36,38-41,44-45,63H,9-11,16,19,26-31H2,1-8H3,(H,55,66)(H,56,67)(H,57,65)/t32-,33-,36+,38-,39+,40+,41+,44+,45+/m1/s1. The molecule has 9 atom stereocenters. The quantitative estimate of drug-likeness (QED) is 0.170. The molecule has 20 heteroatoms. The van der Waals surface area contributed by atoms with Crippen LogP contribution in [0.2, 0.25) is 0 Å².